The molecule has 6 heteroatoms. The number of carbonyl (C=O) groups is 1. The van der Waals surface area contributed by atoms with Gasteiger partial charge in [0.15, 0.2) is 0 Å². The number of benzene rings is 2. The van der Waals surface area contributed by atoms with Crippen LogP contribution in [-0.2, 0) is 6.54 Å². The van der Waals surface area contributed by atoms with E-state index >= 15 is 0 Å². The first-order valence-electron chi connectivity index (χ1n) is 10.7. The van der Waals surface area contributed by atoms with Gasteiger partial charge in [0.2, 0.25) is 0 Å². The number of aromatic nitrogens is 3. The van der Waals surface area contributed by atoms with Gasteiger partial charge in [-0.1, -0.05) is 54.6 Å². The van der Waals surface area contributed by atoms with Gasteiger partial charge in [-0.25, -0.2) is 9.78 Å². The summed E-state index contributed by atoms with van der Waals surface area (Å²) in [5.74, 6) is 1.34. The maximum Gasteiger partial charge on any atom is 0.317 e. The summed E-state index contributed by atoms with van der Waals surface area (Å²) < 4.78 is 2.28. The van der Waals surface area contributed by atoms with E-state index in [1.54, 1.807) is 7.05 Å². The third-order valence-corrected chi connectivity index (χ3v) is 6.03. The van der Waals surface area contributed by atoms with Crippen LogP contribution in [0.5, 0.6) is 0 Å². The maximum absolute atomic E-state index is 12.0. The van der Waals surface area contributed by atoms with Gasteiger partial charge in [0.25, 0.3) is 0 Å². The Morgan fingerprint density at radius 1 is 1.03 bits per heavy atom. The molecule has 1 fully saturated rings. The van der Waals surface area contributed by atoms with Crippen LogP contribution in [0.15, 0.2) is 73.1 Å². The number of fused-ring (bicyclic) bond motifs is 1. The summed E-state index contributed by atoms with van der Waals surface area (Å²) in [5.41, 5.74) is 5.44. The molecule has 1 N–H and O–H groups in total. The molecule has 4 aromatic rings. The first-order valence-corrected chi connectivity index (χ1v) is 10.7. The predicted octanol–water partition coefficient (Wildman–Crippen LogP) is 4.43. The van der Waals surface area contributed by atoms with Gasteiger partial charge in [-0.2, -0.15) is 0 Å². The molecule has 1 atom stereocenters. The number of imidazole rings is 1. The summed E-state index contributed by atoms with van der Waals surface area (Å²) in [5, 5.41) is 2.73. The van der Waals surface area contributed by atoms with E-state index in [-0.39, 0.29) is 6.03 Å². The highest BCUT2D eigenvalue weighted by atomic mass is 16.2. The average Bonchev–Trinajstić information content (AvgIpc) is 3.45. The van der Waals surface area contributed by atoms with Gasteiger partial charge in [0.1, 0.15) is 11.3 Å². The topological polar surface area (TPSA) is 63.1 Å². The summed E-state index contributed by atoms with van der Waals surface area (Å²) in [4.78, 5) is 23.0. The zero-order valence-corrected chi connectivity index (χ0v) is 17.5. The Morgan fingerprint density at radius 2 is 1.77 bits per heavy atom. The van der Waals surface area contributed by atoms with E-state index in [2.05, 4.69) is 63.4 Å². The standard InChI is InChI=1S/C25H25N5O/c1-26-25(31)29-14-12-18(16-29)17-30-23-11-13-27-15-22(23)28-24(30)21-9-7-20(8-10-21)19-5-3-2-4-6-19/h2-11,13,15,18H,12,14,16-17H2,1H3,(H,26,31)/t18-/m1/s1. The molecule has 0 aliphatic carbocycles. The van der Waals surface area contributed by atoms with Crippen LogP contribution in [0.25, 0.3) is 33.5 Å². The highest BCUT2D eigenvalue weighted by Crippen LogP contribution is 2.29. The van der Waals surface area contributed by atoms with Crippen molar-refractivity contribution in [3.63, 3.8) is 0 Å². The summed E-state index contributed by atoms with van der Waals surface area (Å²) >= 11 is 0. The number of rotatable bonds is 4. The van der Waals surface area contributed by atoms with Gasteiger partial charge in [-0.15, -0.1) is 0 Å². The first-order chi connectivity index (χ1) is 15.2. The van der Waals surface area contributed by atoms with E-state index in [0.717, 1.165) is 48.5 Å². The van der Waals surface area contributed by atoms with Gasteiger partial charge in [0.05, 0.1) is 11.7 Å². The van der Waals surface area contributed by atoms with Crippen molar-refractivity contribution in [1.82, 2.24) is 24.8 Å². The minimum atomic E-state index is -0.00101. The normalized spacial score (nSPS) is 16.0. The molecule has 0 bridgehead atoms. The lowest BCUT2D eigenvalue weighted by atomic mass is 10.0. The second-order valence-corrected chi connectivity index (χ2v) is 8.01. The van der Waals surface area contributed by atoms with Crippen molar-refractivity contribution in [2.45, 2.75) is 13.0 Å². The van der Waals surface area contributed by atoms with E-state index < -0.39 is 0 Å². The second kappa shape index (κ2) is 8.22. The molecule has 5 rings (SSSR count). The molecule has 1 aliphatic rings. The molecule has 0 saturated carbocycles. The Balaban J connectivity index is 1.47. The zero-order valence-electron chi connectivity index (χ0n) is 17.5. The molecular weight excluding hydrogens is 386 g/mol. The average molecular weight is 412 g/mol. The number of carbonyl (C=O) groups excluding carboxylic acids is 1. The van der Waals surface area contributed by atoms with E-state index in [9.17, 15) is 4.79 Å². The largest absolute Gasteiger partial charge is 0.341 e. The molecule has 0 radical (unpaired) electrons. The van der Waals surface area contributed by atoms with E-state index in [1.165, 1.54) is 11.1 Å². The molecule has 31 heavy (non-hydrogen) atoms. The van der Waals surface area contributed by atoms with Crippen LogP contribution in [-0.4, -0.2) is 45.6 Å². The number of amides is 2. The zero-order chi connectivity index (χ0) is 21.2. The van der Waals surface area contributed by atoms with E-state index in [4.69, 9.17) is 4.98 Å². The second-order valence-electron chi connectivity index (χ2n) is 8.01. The van der Waals surface area contributed by atoms with Crippen molar-refractivity contribution in [1.29, 1.82) is 0 Å². The lowest BCUT2D eigenvalue weighted by Crippen LogP contribution is -2.36. The fourth-order valence-electron chi connectivity index (χ4n) is 4.41. The van der Waals surface area contributed by atoms with Crippen LogP contribution in [0, 0.1) is 5.92 Å². The fraction of sp³-hybridized carbons (Fsp3) is 0.240. The van der Waals surface area contributed by atoms with Crippen molar-refractivity contribution in [3.05, 3.63) is 73.1 Å². The van der Waals surface area contributed by atoms with Gasteiger partial charge < -0.3 is 14.8 Å². The molecule has 2 aromatic heterocycles. The van der Waals surface area contributed by atoms with Crippen LogP contribution in [0.2, 0.25) is 0 Å². The third-order valence-electron chi connectivity index (χ3n) is 6.03. The maximum atomic E-state index is 12.0. The van der Waals surface area contributed by atoms with Crippen molar-refractivity contribution in [2.75, 3.05) is 20.1 Å². The van der Waals surface area contributed by atoms with Crippen LogP contribution < -0.4 is 5.32 Å². The Labute approximate surface area is 181 Å². The third kappa shape index (κ3) is 3.77. The molecule has 2 aromatic carbocycles. The number of nitrogens with zero attached hydrogens (tertiary/aromatic N) is 4. The smallest absolute Gasteiger partial charge is 0.317 e. The summed E-state index contributed by atoms with van der Waals surface area (Å²) in [6.07, 6.45) is 4.62. The molecule has 1 saturated heterocycles. The highest BCUT2D eigenvalue weighted by molar-refractivity contribution is 5.80. The number of pyridine rings is 1. The minimum absolute atomic E-state index is 0.00101. The predicted molar refractivity (Wildman–Crippen MR) is 123 cm³/mol. The molecule has 3 heterocycles. The molecular formula is C25H25N5O. The van der Waals surface area contributed by atoms with Crippen molar-refractivity contribution in [3.8, 4) is 22.5 Å². The lowest BCUT2D eigenvalue weighted by molar-refractivity contribution is 0.209. The SMILES string of the molecule is CNC(=O)N1CC[C@@H](Cn2c(-c3ccc(-c4ccccc4)cc3)nc3cnccc32)C1. The van der Waals surface area contributed by atoms with Crippen LogP contribution in [0.3, 0.4) is 0 Å². The number of likely N-dealkylation sites (tertiary alicyclic amines) is 1. The molecule has 0 spiro atoms. The van der Waals surface area contributed by atoms with Gasteiger partial charge in [0, 0.05) is 38.4 Å². The van der Waals surface area contributed by atoms with Crippen molar-refractivity contribution >= 4 is 17.1 Å². The van der Waals surface area contributed by atoms with Gasteiger partial charge >= 0.3 is 6.03 Å². The quantitative estimate of drug-likeness (QED) is 0.540. The molecule has 1 aliphatic heterocycles. The highest BCUT2D eigenvalue weighted by Gasteiger charge is 2.27. The number of urea groups is 1. The lowest BCUT2D eigenvalue weighted by Gasteiger charge is -2.17. The van der Waals surface area contributed by atoms with Crippen LogP contribution >= 0.6 is 0 Å². The molecule has 156 valence electrons. The van der Waals surface area contributed by atoms with Crippen LogP contribution in [0.4, 0.5) is 4.79 Å². The number of nitrogens with one attached hydrogen (secondary N) is 1. The monoisotopic (exact) mass is 411 g/mol. The van der Waals surface area contributed by atoms with Crippen molar-refractivity contribution < 1.29 is 4.79 Å². The Kier molecular flexibility index (Phi) is 5.12. The van der Waals surface area contributed by atoms with E-state index in [1.807, 2.05) is 29.4 Å². The number of hydrogen-bond donors (Lipinski definition) is 1. The Hall–Kier alpha value is -3.67. The fourth-order valence-corrected chi connectivity index (χ4v) is 4.41. The van der Waals surface area contributed by atoms with E-state index in [0.29, 0.717) is 5.92 Å². The number of hydrogen-bond acceptors (Lipinski definition) is 3. The summed E-state index contributed by atoms with van der Waals surface area (Å²) in [7, 11) is 1.68. The minimum Gasteiger partial charge on any atom is -0.341 e. The Morgan fingerprint density at radius 3 is 2.55 bits per heavy atom. The molecule has 2 amide bonds. The van der Waals surface area contributed by atoms with Crippen molar-refractivity contribution in [2.24, 2.45) is 5.92 Å². The van der Waals surface area contributed by atoms with Gasteiger partial charge in [-0.05, 0) is 29.5 Å². The van der Waals surface area contributed by atoms with Crippen LogP contribution in [0.1, 0.15) is 6.42 Å². The molecule has 6 nitrogen and oxygen atoms in total. The Bertz CT molecular complexity index is 1200. The summed E-state index contributed by atoms with van der Waals surface area (Å²) in [6.45, 7) is 2.38. The summed E-state index contributed by atoms with van der Waals surface area (Å²) in [6, 6.07) is 21.0. The molecule has 0 unspecified atom stereocenters. The first kappa shape index (κ1) is 19.3. The van der Waals surface area contributed by atoms with Gasteiger partial charge in [-0.3, -0.25) is 4.98 Å².